The van der Waals surface area contributed by atoms with Crippen LogP contribution >= 0.6 is 23.8 Å². The standard InChI is InChI=1S/C20H15ClF4N2OS/c21-14-7-8-16(20(23,24)25)18(10-14)26-19(29)27(12-15-5-3-9-28-15)11-13-4-1-2-6-17(13)22/h1-10H,11-12H2,(H,26,29). The Kier molecular flexibility index (Phi) is 6.44. The first kappa shape index (κ1) is 21.1. The van der Waals surface area contributed by atoms with Crippen LogP contribution in [0, 0.1) is 5.82 Å². The zero-order valence-electron chi connectivity index (χ0n) is 14.8. The number of hydrogen-bond acceptors (Lipinski definition) is 2. The van der Waals surface area contributed by atoms with Crippen molar-refractivity contribution in [2.75, 3.05) is 5.32 Å². The second-order valence-electron chi connectivity index (χ2n) is 6.14. The van der Waals surface area contributed by atoms with Crippen LogP contribution in [0.25, 0.3) is 0 Å². The van der Waals surface area contributed by atoms with E-state index in [0.29, 0.717) is 11.3 Å². The zero-order valence-corrected chi connectivity index (χ0v) is 16.4. The van der Waals surface area contributed by atoms with E-state index < -0.39 is 17.6 Å². The van der Waals surface area contributed by atoms with Gasteiger partial charge in [-0.15, -0.1) is 0 Å². The van der Waals surface area contributed by atoms with E-state index in [4.69, 9.17) is 28.2 Å². The smallest absolute Gasteiger partial charge is 0.418 e. The van der Waals surface area contributed by atoms with E-state index in [1.807, 2.05) is 0 Å². The van der Waals surface area contributed by atoms with Crippen LogP contribution in [0.5, 0.6) is 0 Å². The zero-order chi connectivity index (χ0) is 21.0. The average Bonchev–Trinajstić information content (AvgIpc) is 3.15. The fraction of sp³-hybridized carbons (Fsp3) is 0.150. The summed E-state index contributed by atoms with van der Waals surface area (Å²) in [6.07, 6.45) is -3.13. The minimum absolute atomic E-state index is 0.0289. The Balaban J connectivity index is 1.89. The van der Waals surface area contributed by atoms with E-state index in [-0.39, 0.29) is 28.9 Å². The minimum atomic E-state index is -4.60. The third-order valence-electron chi connectivity index (χ3n) is 4.06. The Labute approximate surface area is 174 Å². The highest BCUT2D eigenvalue weighted by atomic mass is 35.5. The van der Waals surface area contributed by atoms with Crippen molar-refractivity contribution in [1.29, 1.82) is 0 Å². The summed E-state index contributed by atoms with van der Waals surface area (Å²) in [6, 6.07) is 12.6. The number of nitrogens with one attached hydrogen (secondary N) is 1. The van der Waals surface area contributed by atoms with Crippen LogP contribution in [-0.4, -0.2) is 10.0 Å². The van der Waals surface area contributed by atoms with Crippen molar-refractivity contribution >= 4 is 34.6 Å². The van der Waals surface area contributed by atoms with Gasteiger partial charge in [0.1, 0.15) is 11.6 Å². The second kappa shape index (κ2) is 8.84. The van der Waals surface area contributed by atoms with Gasteiger partial charge < -0.3 is 14.6 Å². The molecule has 29 heavy (non-hydrogen) atoms. The van der Waals surface area contributed by atoms with Gasteiger partial charge in [-0.2, -0.15) is 13.2 Å². The maximum Gasteiger partial charge on any atom is 0.418 e. The molecule has 0 saturated heterocycles. The summed E-state index contributed by atoms with van der Waals surface area (Å²) in [5.74, 6) is 0.0751. The molecular weight excluding hydrogens is 428 g/mol. The van der Waals surface area contributed by atoms with Crippen molar-refractivity contribution in [3.63, 3.8) is 0 Å². The predicted molar refractivity (Wildman–Crippen MR) is 107 cm³/mol. The van der Waals surface area contributed by atoms with Gasteiger partial charge >= 0.3 is 6.18 Å². The summed E-state index contributed by atoms with van der Waals surface area (Å²) < 4.78 is 59.4. The Bertz CT molecular complexity index is 992. The van der Waals surface area contributed by atoms with Crippen molar-refractivity contribution in [2.45, 2.75) is 19.3 Å². The lowest BCUT2D eigenvalue weighted by Gasteiger charge is -2.26. The molecule has 0 aliphatic carbocycles. The Morgan fingerprint density at radius 2 is 1.83 bits per heavy atom. The molecule has 9 heteroatoms. The highest BCUT2D eigenvalue weighted by molar-refractivity contribution is 7.80. The number of anilines is 1. The molecule has 0 atom stereocenters. The molecule has 0 bridgehead atoms. The Morgan fingerprint density at radius 3 is 2.48 bits per heavy atom. The number of rotatable bonds is 5. The van der Waals surface area contributed by atoms with Gasteiger partial charge in [0, 0.05) is 17.1 Å². The van der Waals surface area contributed by atoms with E-state index >= 15 is 0 Å². The van der Waals surface area contributed by atoms with Crippen LogP contribution in [0.1, 0.15) is 16.9 Å². The van der Waals surface area contributed by atoms with E-state index in [2.05, 4.69) is 5.32 Å². The highest BCUT2D eigenvalue weighted by Crippen LogP contribution is 2.36. The van der Waals surface area contributed by atoms with Gasteiger partial charge in [0.25, 0.3) is 0 Å². The molecule has 0 saturated carbocycles. The number of halogens is 5. The molecule has 3 aromatic rings. The third kappa shape index (κ3) is 5.48. The molecule has 1 aromatic heterocycles. The molecule has 0 spiro atoms. The normalized spacial score (nSPS) is 11.3. The van der Waals surface area contributed by atoms with Crippen LogP contribution in [0.15, 0.2) is 65.3 Å². The summed E-state index contributed by atoms with van der Waals surface area (Å²) in [4.78, 5) is 1.51. The first-order valence-corrected chi connectivity index (χ1v) is 9.21. The maximum atomic E-state index is 14.1. The van der Waals surface area contributed by atoms with Crippen molar-refractivity contribution in [3.05, 3.63) is 88.6 Å². The molecule has 0 unspecified atom stereocenters. The van der Waals surface area contributed by atoms with Crippen LogP contribution in [0.3, 0.4) is 0 Å². The predicted octanol–water partition coefficient (Wildman–Crippen LogP) is 6.49. The molecule has 2 aromatic carbocycles. The van der Waals surface area contributed by atoms with E-state index in [0.717, 1.165) is 18.2 Å². The number of thiocarbonyl (C=S) groups is 1. The van der Waals surface area contributed by atoms with Gasteiger partial charge in [0.2, 0.25) is 0 Å². The molecule has 3 nitrogen and oxygen atoms in total. The largest absolute Gasteiger partial charge is 0.467 e. The van der Waals surface area contributed by atoms with Crippen molar-refractivity contribution in [1.82, 2.24) is 4.90 Å². The second-order valence-corrected chi connectivity index (χ2v) is 6.97. The fourth-order valence-corrected chi connectivity index (χ4v) is 3.09. The monoisotopic (exact) mass is 442 g/mol. The number of benzene rings is 2. The van der Waals surface area contributed by atoms with Crippen LogP contribution in [0.4, 0.5) is 23.2 Å². The van der Waals surface area contributed by atoms with Crippen LogP contribution in [0.2, 0.25) is 5.02 Å². The van der Waals surface area contributed by atoms with Crippen molar-refractivity contribution < 1.29 is 22.0 Å². The Morgan fingerprint density at radius 1 is 1.07 bits per heavy atom. The fourth-order valence-electron chi connectivity index (χ4n) is 2.68. The number of furan rings is 1. The Hall–Kier alpha value is -2.58. The lowest BCUT2D eigenvalue weighted by atomic mass is 10.1. The molecule has 0 radical (unpaired) electrons. The van der Waals surface area contributed by atoms with Crippen LogP contribution in [-0.2, 0) is 19.3 Å². The topological polar surface area (TPSA) is 28.4 Å². The summed E-state index contributed by atoms with van der Waals surface area (Å²) in [5, 5.41) is 2.69. The summed E-state index contributed by atoms with van der Waals surface area (Å²) in [6.45, 7) is 0.163. The summed E-state index contributed by atoms with van der Waals surface area (Å²) in [7, 11) is 0. The lowest BCUT2D eigenvalue weighted by Crippen LogP contribution is -2.34. The first-order valence-electron chi connectivity index (χ1n) is 8.42. The van der Waals surface area contributed by atoms with Gasteiger partial charge in [-0.25, -0.2) is 4.39 Å². The molecule has 0 fully saturated rings. The maximum absolute atomic E-state index is 14.1. The molecule has 1 N–H and O–H groups in total. The molecule has 152 valence electrons. The summed E-state index contributed by atoms with van der Waals surface area (Å²) in [5.41, 5.74) is -0.855. The minimum Gasteiger partial charge on any atom is -0.467 e. The molecular formula is C20H15ClF4N2OS. The molecule has 0 aliphatic rings. The van der Waals surface area contributed by atoms with E-state index in [1.54, 1.807) is 30.3 Å². The number of hydrogen-bond donors (Lipinski definition) is 1. The quantitative estimate of drug-likeness (QED) is 0.361. The molecule has 0 amide bonds. The van der Waals surface area contributed by atoms with Gasteiger partial charge in [-0.05, 0) is 48.6 Å². The number of alkyl halides is 3. The van der Waals surface area contributed by atoms with Gasteiger partial charge in [0.15, 0.2) is 5.11 Å². The van der Waals surface area contributed by atoms with Gasteiger partial charge in [0.05, 0.1) is 24.1 Å². The SMILES string of the molecule is Fc1ccccc1CN(Cc1ccco1)C(=S)Nc1cc(Cl)ccc1C(F)(F)F. The third-order valence-corrected chi connectivity index (χ3v) is 4.66. The highest BCUT2D eigenvalue weighted by Gasteiger charge is 2.34. The van der Waals surface area contributed by atoms with Crippen molar-refractivity contribution in [3.8, 4) is 0 Å². The van der Waals surface area contributed by atoms with E-state index in [1.165, 1.54) is 17.2 Å². The van der Waals surface area contributed by atoms with Gasteiger partial charge in [-0.3, -0.25) is 0 Å². The van der Waals surface area contributed by atoms with Crippen molar-refractivity contribution in [2.24, 2.45) is 0 Å². The molecule has 3 rings (SSSR count). The molecule has 1 heterocycles. The number of nitrogens with zero attached hydrogens (tertiary/aromatic N) is 1. The lowest BCUT2D eigenvalue weighted by molar-refractivity contribution is -0.136. The van der Waals surface area contributed by atoms with Gasteiger partial charge in [-0.1, -0.05) is 29.8 Å². The van der Waals surface area contributed by atoms with E-state index in [9.17, 15) is 17.6 Å². The van der Waals surface area contributed by atoms with Crippen LogP contribution < -0.4 is 5.32 Å². The average molecular weight is 443 g/mol. The molecule has 0 aliphatic heterocycles. The summed E-state index contributed by atoms with van der Waals surface area (Å²) >= 11 is 11.2. The first-order chi connectivity index (χ1) is 13.7.